The van der Waals surface area contributed by atoms with Crippen LogP contribution in [-0.2, 0) is 0 Å². The number of halogens is 4. The molecule has 0 heterocycles. The number of hydrogen-bond acceptors (Lipinski definition) is 2. The molecule has 0 aliphatic heterocycles. The van der Waals surface area contributed by atoms with Gasteiger partial charge in [0, 0.05) is 14.5 Å². The van der Waals surface area contributed by atoms with E-state index in [1.54, 1.807) is 12.1 Å². The van der Waals surface area contributed by atoms with Crippen LogP contribution < -0.4 is 5.46 Å². The van der Waals surface area contributed by atoms with Crippen molar-refractivity contribution in [2.24, 2.45) is 0 Å². The molecule has 0 bridgehead atoms. The Labute approximate surface area is 341 Å². The first-order chi connectivity index (χ1) is 26.4. The largest absolute Gasteiger partial charge is 0.489 e. The summed E-state index contributed by atoms with van der Waals surface area (Å²) < 4.78 is 1.10. The molecule has 0 spiro atoms. The van der Waals surface area contributed by atoms with Crippen molar-refractivity contribution in [2.45, 2.75) is 0 Å². The van der Waals surface area contributed by atoms with E-state index >= 15 is 0 Å². The van der Waals surface area contributed by atoms with E-state index in [1.165, 1.54) is 44.5 Å². The minimum atomic E-state index is -1.43. The topological polar surface area (TPSA) is 40.5 Å². The Bertz CT molecular complexity index is 2390. The molecule has 0 aromatic heterocycles. The molecule has 0 saturated heterocycles. The first kappa shape index (κ1) is 40.9. The Hall–Kier alpha value is -5.27. The number of hydrogen-bond donors (Lipinski definition) is 2. The highest BCUT2D eigenvalue weighted by atomic mass is 79.9. The summed E-state index contributed by atoms with van der Waals surface area (Å²) in [5, 5.41) is 20.0. The zero-order chi connectivity index (χ0) is 37.7. The van der Waals surface area contributed by atoms with Gasteiger partial charge in [-0.25, -0.2) is 0 Å². The Morgan fingerprint density at radius 3 is 1.07 bits per heavy atom. The summed E-state index contributed by atoms with van der Waals surface area (Å²) in [6, 6.07) is 68.6. The minimum absolute atomic E-state index is 0. The second kappa shape index (κ2) is 20.4. The van der Waals surface area contributed by atoms with Crippen LogP contribution in [0.4, 0.5) is 4.70 Å². The van der Waals surface area contributed by atoms with Gasteiger partial charge in [0.05, 0.1) is 0 Å². The van der Waals surface area contributed by atoms with Crippen molar-refractivity contribution in [3.8, 4) is 55.6 Å². The second-order valence-electron chi connectivity index (χ2n) is 12.3. The molecule has 55 heavy (non-hydrogen) atoms. The molecule has 272 valence electrons. The molecule has 0 saturated carbocycles. The Morgan fingerprint density at radius 2 is 0.636 bits per heavy atom. The van der Waals surface area contributed by atoms with Crippen LogP contribution in [0.15, 0.2) is 211 Å². The first-order valence-corrected chi connectivity index (χ1v) is 18.9. The van der Waals surface area contributed by atoms with Crippen molar-refractivity contribution >= 4 is 51.7 Å². The second-order valence-corrected chi connectivity index (χ2v) is 14.0. The van der Waals surface area contributed by atoms with Crippen LogP contribution in [0.2, 0.25) is 10.0 Å². The van der Waals surface area contributed by atoms with Crippen LogP contribution >= 0.6 is 39.1 Å². The summed E-state index contributed by atoms with van der Waals surface area (Å²) in [5.74, 6) is 0. The van der Waals surface area contributed by atoms with E-state index < -0.39 is 7.12 Å². The average Bonchev–Trinajstić information content (AvgIpc) is 3.23. The third-order valence-electron chi connectivity index (χ3n) is 8.74. The smallest absolute Gasteiger partial charge is 0.423 e. The molecule has 8 aromatic rings. The molecule has 0 aliphatic rings. The molecule has 8 aromatic carbocycles. The van der Waals surface area contributed by atoms with Gasteiger partial charge in [0.25, 0.3) is 0 Å². The van der Waals surface area contributed by atoms with Crippen LogP contribution in [0.1, 0.15) is 0 Å². The highest BCUT2D eigenvalue weighted by Crippen LogP contribution is 2.38. The third-order valence-corrected chi connectivity index (χ3v) is 9.93. The van der Waals surface area contributed by atoms with Crippen molar-refractivity contribution in [3.05, 3.63) is 221 Å². The van der Waals surface area contributed by atoms with Crippen molar-refractivity contribution in [3.63, 3.8) is 0 Å². The van der Waals surface area contributed by atoms with Gasteiger partial charge in [-0.15, -0.1) is 0 Å². The molecule has 0 aliphatic carbocycles. The lowest BCUT2D eigenvalue weighted by atomic mass is 9.75. The van der Waals surface area contributed by atoms with Crippen LogP contribution in [0, 0.1) is 0 Å². The van der Waals surface area contributed by atoms with Crippen molar-refractivity contribution < 1.29 is 14.8 Å². The molecule has 7 heteroatoms. The quantitative estimate of drug-likeness (QED) is 0.164. The number of rotatable bonds is 6. The maximum absolute atomic E-state index is 9.22. The summed E-state index contributed by atoms with van der Waals surface area (Å²) in [5.41, 5.74) is 12.0. The molecule has 2 N–H and O–H groups in total. The average molecular weight is 826 g/mol. The van der Waals surface area contributed by atoms with E-state index in [4.69, 9.17) is 23.2 Å². The summed E-state index contributed by atoms with van der Waals surface area (Å²) in [6.07, 6.45) is 0. The SMILES string of the molecule is Clc1ccc(-c2ccccc2-c2ccccc2-c2ccccc2)cc1.Clc1ccc(-c2ccccc2Br)cc1.F.OB(O)c1ccccc1-c1ccccc1. The molecule has 0 fully saturated rings. The first-order valence-electron chi connectivity index (χ1n) is 17.4. The predicted molar refractivity (Wildman–Crippen MR) is 237 cm³/mol. The zero-order valence-corrected chi connectivity index (χ0v) is 32.7. The van der Waals surface area contributed by atoms with Gasteiger partial charge in [0.2, 0.25) is 0 Å². The van der Waals surface area contributed by atoms with Gasteiger partial charge in [-0.1, -0.05) is 215 Å². The highest BCUT2D eigenvalue weighted by molar-refractivity contribution is 9.10. The van der Waals surface area contributed by atoms with Gasteiger partial charge < -0.3 is 10.0 Å². The maximum atomic E-state index is 9.22. The lowest BCUT2D eigenvalue weighted by molar-refractivity contribution is 0.426. The highest BCUT2D eigenvalue weighted by Gasteiger charge is 2.16. The monoisotopic (exact) mass is 824 g/mol. The van der Waals surface area contributed by atoms with Crippen molar-refractivity contribution in [1.29, 1.82) is 0 Å². The molecule has 2 nitrogen and oxygen atoms in total. The lowest BCUT2D eigenvalue weighted by Gasteiger charge is -2.14. The van der Waals surface area contributed by atoms with E-state index in [0.717, 1.165) is 25.6 Å². The fraction of sp³-hybridized carbons (Fsp3) is 0. The molecular formula is C48H37BBrCl2FO2. The van der Waals surface area contributed by atoms with Crippen molar-refractivity contribution in [1.82, 2.24) is 0 Å². The Morgan fingerprint density at radius 1 is 0.327 bits per heavy atom. The van der Waals surface area contributed by atoms with E-state index in [1.807, 2.05) is 103 Å². The van der Waals surface area contributed by atoms with Crippen LogP contribution in [0.25, 0.3) is 55.6 Å². The van der Waals surface area contributed by atoms with Crippen molar-refractivity contribution in [2.75, 3.05) is 0 Å². The summed E-state index contributed by atoms with van der Waals surface area (Å²) in [4.78, 5) is 0. The van der Waals surface area contributed by atoms with Gasteiger partial charge in [-0.05, 0) is 91.4 Å². The van der Waals surface area contributed by atoms with Gasteiger partial charge >= 0.3 is 7.12 Å². The maximum Gasteiger partial charge on any atom is 0.489 e. The standard InChI is InChI=1S/C24H17Cl.C12H11BO2.C12H8BrCl.FH/c25-20-16-14-19(15-17-20)22-11-5-7-13-24(22)23-12-6-4-10-21(23)18-8-2-1-3-9-18;14-13(15)12-9-5-4-8-11(12)10-6-2-1-3-7-10;13-12-4-2-1-3-11(12)9-5-7-10(14)8-6-9;/h1-17H;1-9,14-15H;1-8H;1H. The summed E-state index contributed by atoms with van der Waals surface area (Å²) in [6.45, 7) is 0. The van der Waals surface area contributed by atoms with Gasteiger partial charge in [-0.2, -0.15) is 0 Å². The van der Waals surface area contributed by atoms with Gasteiger partial charge in [0.1, 0.15) is 0 Å². The fourth-order valence-electron chi connectivity index (χ4n) is 6.11. The van der Waals surface area contributed by atoms with E-state index in [9.17, 15) is 10.0 Å². The number of benzene rings is 8. The molecule has 8 rings (SSSR count). The molecule has 0 amide bonds. The third kappa shape index (κ3) is 10.9. The minimum Gasteiger partial charge on any atom is -0.423 e. The lowest BCUT2D eigenvalue weighted by Crippen LogP contribution is -2.31. The van der Waals surface area contributed by atoms with E-state index in [-0.39, 0.29) is 4.70 Å². The fourth-order valence-corrected chi connectivity index (χ4v) is 6.88. The van der Waals surface area contributed by atoms with E-state index in [0.29, 0.717) is 5.46 Å². The van der Waals surface area contributed by atoms with Crippen LogP contribution in [0.5, 0.6) is 0 Å². The Kier molecular flexibility index (Phi) is 15.2. The molecule has 0 atom stereocenters. The normalized spacial score (nSPS) is 10.1. The molecule has 0 radical (unpaired) electrons. The molecule has 0 unspecified atom stereocenters. The van der Waals surface area contributed by atoms with E-state index in [2.05, 4.69) is 107 Å². The summed E-state index contributed by atoms with van der Waals surface area (Å²) in [7, 11) is -1.43. The predicted octanol–water partition coefficient (Wildman–Crippen LogP) is 13.3. The van der Waals surface area contributed by atoms with Gasteiger partial charge in [0.15, 0.2) is 0 Å². The Balaban J connectivity index is 0.000000167. The zero-order valence-electron chi connectivity index (χ0n) is 29.6. The van der Waals surface area contributed by atoms with Crippen LogP contribution in [0.3, 0.4) is 0 Å². The molecular weight excluding hydrogens is 789 g/mol. The van der Waals surface area contributed by atoms with Gasteiger partial charge in [-0.3, -0.25) is 4.70 Å². The van der Waals surface area contributed by atoms with Crippen LogP contribution in [-0.4, -0.2) is 17.2 Å². The summed E-state index contributed by atoms with van der Waals surface area (Å²) >= 11 is 15.4.